The Morgan fingerprint density at radius 2 is 2.60 bits per heavy atom. The Bertz CT molecular complexity index is 219. The van der Waals surface area contributed by atoms with E-state index in [1.54, 1.807) is 0 Å². The molecule has 0 fully saturated rings. The van der Waals surface area contributed by atoms with Gasteiger partial charge in [0.1, 0.15) is 0 Å². The van der Waals surface area contributed by atoms with Crippen molar-refractivity contribution in [3.63, 3.8) is 0 Å². The Morgan fingerprint density at radius 3 is 3.00 bits per heavy atom. The van der Waals surface area contributed by atoms with Crippen LogP contribution in [0.25, 0.3) is 0 Å². The highest BCUT2D eigenvalue weighted by atomic mass is 16.7. The van der Waals surface area contributed by atoms with Crippen molar-refractivity contribution in [1.29, 1.82) is 0 Å². The van der Waals surface area contributed by atoms with E-state index in [9.17, 15) is 10.1 Å². The lowest BCUT2D eigenvalue weighted by Crippen LogP contribution is -2.36. The summed E-state index contributed by atoms with van der Waals surface area (Å²) in [6.07, 6.45) is 2.58. The van der Waals surface area contributed by atoms with E-state index in [0.29, 0.717) is 5.12 Å². The first-order valence-electron chi connectivity index (χ1n) is 2.39. The quantitative estimate of drug-likeness (QED) is 0.323. The lowest BCUT2D eigenvalue weighted by molar-refractivity contribution is -0.496. The fourth-order valence-corrected chi connectivity index (χ4v) is 0.464. The maximum atomic E-state index is 9.96. The van der Waals surface area contributed by atoms with Crippen molar-refractivity contribution in [2.75, 3.05) is 5.12 Å². The average molecular weight is 143 g/mol. The zero-order valence-corrected chi connectivity index (χ0v) is 4.89. The summed E-state index contributed by atoms with van der Waals surface area (Å²) in [4.78, 5) is 9.96. The summed E-state index contributed by atoms with van der Waals surface area (Å²) in [5.74, 6) is 4.96. The lowest BCUT2D eigenvalue weighted by atomic mass is 10.6. The first-order chi connectivity index (χ1) is 4.72. The van der Waals surface area contributed by atoms with E-state index in [0.717, 1.165) is 0 Å². The summed E-state index contributed by atoms with van der Waals surface area (Å²) < 4.78 is 0. The fraction of sp³-hybridized carbons (Fsp3) is 0. The second kappa shape index (κ2) is 2.31. The number of aromatic nitrogens is 2. The largest absolute Gasteiger partial charge is 0.283 e. The Labute approximate surface area is 55.5 Å². The van der Waals surface area contributed by atoms with Gasteiger partial charge in [-0.15, -0.1) is 0 Å². The fourth-order valence-electron chi connectivity index (χ4n) is 0.464. The SMILES string of the molecule is NN(c1cn[nH]c1)[N+](=O)[O-]. The molecule has 7 heteroatoms. The zero-order valence-electron chi connectivity index (χ0n) is 4.89. The van der Waals surface area contributed by atoms with Crippen molar-refractivity contribution in [3.8, 4) is 0 Å². The smallest absolute Gasteiger partial charge is 0.181 e. The number of hydrogen-bond donors (Lipinski definition) is 2. The Balaban J connectivity index is 2.77. The second-order valence-corrected chi connectivity index (χ2v) is 1.54. The van der Waals surface area contributed by atoms with Gasteiger partial charge in [0, 0.05) is 0 Å². The lowest BCUT2D eigenvalue weighted by Gasteiger charge is -2.01. The van der Waals surface area contributed by atoms with Gasteiger partial charge in [-0.3, -0.25) is 5.10 Å². The molecule has 0 unspecified atom stereocenters. The normalized spacial score (nSPS) is 9.30. The van der Waals surface area contributed by atoms with Gasteiger partial charge in [-0.2, -0.15) is 10.9 Å². The Morgan fingerprint density at radius 1 is 1.90 bits per heavy atom. The predicted octanol–water partition coefficient (Wildman–Crippen LogP) is -0.719. The van der Waals surface area contributed by atoms with Gasteiger partial charge in [0.25, 0.3) is 0 Å². The molecule has 0 bridgehead atoms. The highest BCUT2D eigenvalue weighted by Crippen LogP contribution is 2.04. The summed E-state index contributed by atoms with van der Waals surface area (Å²) >= 11 is 0. The minimum Gasteiger partial charge on any atom is -0.283 e. The molecule has 0 spiro atoms. The van der Waals surface area contributed by atoms with Gasteiger partial charge in [0.05, 0.1) is 12.4 Å². The minimum atomic E-state index is -0.745. The van der Waals surface area contributed by atoms with Crippen LogP contribution in [0, 0.1) is 10.1 Å². The third kappa shape index (κ3) is 1.03. The van der Waals surface area contributed by atoms with E-state index in [1.807, 2.05) is 0 Å². The molecule has 1 aromatic rings. The van der Waals surface area contributed by atoms with Crippen molar-refractivity contribution in [2.45, 2.75) is 0 Å². The molecule has 7 nitrogen and oxygen atoms in total. The highest BCUT2D eigenvalue weighted by Gasteiger charge is 2.11. The van der Waals surface area contributed by atoms with E-state index in [4.69, 9.17) is 5.84 Å². The highest BCUT2D eigenvalue weighted by molar-refractivity contribution is 5.35. The number of nitrogens with two attached hydrogens (primary N) is 1. The van der Waals surface area contributed by atoms with Gasteiger partial charge >= 0.3 is 0 Å². The van der Waals surface area contributed by atoms with Gasteiger partial charge < -0.3 is 0 Å². The number of hydrogen-bond acceptors (Lipinski definition) is 4. The number of aromatic amines is 1. The Hall–Kier alpha value is -1.63. The minimum absolute atomic E-state index is 0.213. The summed E-state index contributed by atoms with van der Waals surface area (Å²) in [6, 6.07) is 0. The molecule has 54 valence electrons. The molecule has 3 N–H and O–H groups in total. The van der Waals surface area contributed by atoms with Gasteiger partial charge in [-0.05, 0) is 5.12 Å². The van der Waals surface area contributed by atoms with E-state index >= 15 is 0 Å². The van der Waals surface area contributed by atoms with Crippen molar-refractivity contribution >= 4 is 5.69 Å². The van der Waals surface area contributed by atoms with E-state index in [-0.39, 0.29) is 5.69 Å². The average Bonchev–Trinajstić information content (AvgIpc) is 2.36. The van der Waals surface area contributed by atoms with Crippen LogP contribution in [0.4, 0.5) is 5.69 Å². The molecular formula is C3H5N5O2. The number of hydrazine groups is 2. The molecule has 0 aliphatic heterocycles. The topological polar surface area (TPSA) is 101 Å². The second-order valence-electron chi connectivity index (χ2n) is 1.54. The molecule has 0 saturated carbocycles. The van der Waals surface area contributed by atoms with Gasteiger partial charge in [-0.25, -0.2) is 10.1 Å². The van der Waals surface area contributed by atoms with Crippen LogP contribution in [0.15, 0.2) is 12.4 Å². The van der Waals surface area contributed by atoms with Crippen LogP contribution >= 0.6 is 0 Å². The molecule has 1 heterocycles. The summed E-state index contributed by atoms with van der Waals surface area (Å²) in [7, 11) is 0. The molecule has 0 saturated heterocycles. The van der Waals surface area contributed by atoms with Gasteiger partial charge in [0.15, 0.2) is 10.7 Å². The van der Waals surface area contributed by atoms with E-state index in [2.05, 4.69) is 10.2 Å². The van der Waals surface area contributed by atoms with Gasteiger partial charge in [-0.1, -0.05) is 0 Å². The molecule has 1 rings (SSSR count). The third-order valence-corrected chi connectivity index (χ3v) is 0.924. The van der Waals surface area contributed by atoms with Gasteiger partial charge in [0.2, 0.25) is 0 Å². The molecule has 0 aliphatic rings. The van der Waals surface area contributed by atoms with Crippen LogP contribution in [0.2, 0.25) is 0 Å². The molecule has 0 aromatic carbocycles. The number of nitrogens with one attached hydrogen (secondary N) is 1. The van der Waals surface area contributed by atoms with E-state index in [1.165, 1.54) is 12.4 Å². The molecule has 0 aliphatic carbocycles. The summed E-state index contributed by atoms with van der Waals surface area (Å²) in [5.41, 5.74) is 0.213. The van der Waals surface area contributed by atoms with Crippen molar-refractivity contribution in [3.05, 3.63) is 22.5 Å². The number of nitro groups is 1. The van der Waals surface area contributed by atoms with Crippen molar-refractivity contribution < 1.29 is 5.03 Å². The maximum absolute atomic E-state index is 9.96. The van der Waals surface area contributed by atoms with Crippen LogP contribution in [0.3, 0.4) is 0 Å². The maximum Gasteiger partial charge on any atom is 0.181 e. The number of H-pyrrole nitrogens is 1. The molecule has 1 aromatic heterocycles. The molecular weight excluding hydrogens is 138 g/mol. The summed E-state index contributed by atoms with van der Waals surface area (Å²) in [6.45, 7) is 0. The first-order valence-corrected chi connectivity index (χ1v) is 2.39. The standard InChI is InChI=1S/C3H5N5O2/c4-7(8(9)10)3-1-5-6-2-3/h1-2H,4H2,(H,5,6). The van der Waals surface area contributed by atoms with E-state index < -0.39 is 5.03 Å². The number of anilines is 1. The number of nitrogens with zero attached hydrogens (tertiary/aromatic N) is 3. The van der Waals surface area contributed by atoms with Crippen LogP contribution in [-0.2, 0) is 0 Å². The summed E-state index contributed by atoms with van der Waals surface area (Å²) in [5, 5.41) is 15.5. The third-order valence-electron chi connectivity index (χ3n) is 0.924. The van der Waals surface area contributed by atoms with Crippen LogP contribution in [0.1, 0.15) is 0 Å². The number of rotatable bonds is 2. The Kier molecular flexibility index (Phi) is 1.50. The molecule has 0 atom stereocenters. The molecule has 0 radical (unpaired) electrons. The van der Waals surface area contributed by atoms with Crippen LogP contribution in [-0.4, -0.2) is 15.2 Å². The van der Waals surface area contributed by atoms with Crippen molar-refractivity contribution in [2.24, 2.45) is 5.84 Å². The predicted molar refractivity (Wildman–Crippen MR) is 32.2 cm³/mol. The van der Waals surface area contributed by atoms with Crippen molar-refractivity contribution in [1.82, 2.24) is 10.2 Å². The first kappa shape index (κ1) is 6.49. The monoisotopic (exact) mass is 143 g/mol. The van der Waals surface area contributed by atoms with Crippen LogP contribution < -0.4 is 11.0 Å². The zero-order chi connectivity index (χ0) is 7.56. The van der Waals surface area contributed by atoms with Crippen LogP contribution in [0.5, 0.6) is 0 Å². The molecule has 10 heavy (non-hydrogen) atoms. The molecule has 0 amide bonds.